The minimum atomic E-state index is -3.92. The van der Waals surface area contributed by atoms with Crippen molar-refractivity contribution in [1.29, 1.82) is 0 Å². The number of amides is 1. The topological polar surface area (TPSA) is 66.5 Å². The Bertz CT molecular complexity index is 1160. The lowest BCUT2D eigenvalue weighted by molar-refractivity contribution is -0.120. The number of hydrogen-bond donors (Lipinski definition) is 1. The lowest BCUT2D eigenvalue weighted by atomic mass is 10.1. The molecule has 5 nitrogen and oxygen atoms in total. The second-order valence-electron chi connectivity index (χ2n) is 7.79. The van der Waals surface area contributed by atoms with Crippen LogP contribution in [0.3, 0.4) is 0 Å². The number of nitrogens with zero attached hydrogens (tertiary/aromatic N) is 1. The van der Waals surface area contributed by atoms with E-state index in [0.29, 0.717) is 5.69 Å². The summed E-state index contributed by atoms with van der Waals surface area (Å²) in [7, 11) is -3.92. The summed E-state index contributed by atoms with van der Waals surface area (Å²) in [6.45, 7) is 7.35. The lowest BCUT2D eigenvalue weighted by Crippen LogP contribution is -2.41. The molecule has 162 valence electrons. The number of carbonyl (C=O) groups is 1. The van der Waals surface area contributed by atoms with Crippen molar-refractivity contribution in [2.24, 2.45) is 0 Å². The molecule has 3 aromatic rings. The van der Waals surface area contributed by atoms with Gasteiger partial charge in [0.25, 0.3) is 10.0 Å². The maximum atomic E-state index is 13.5. The zero-order valence-electron chi connectivity index (χ0n) is 18.3. The Morgan fingerprint density at radius 3 is 2.16 bits per heavy atom. The molecule has 3 aromatic carbocycles. The van der Waals surface area contributed by atoms with Gasteiger partial charge in [0.2, 0.25) is 5.91 Å². The summed E-state index contributed by atoms with van der Waals surface area (Å²) in [6, 6.07) is 21.4. The molecule has 0 unspecified atom stereocenters. The van der Waals surface area contributed by atoms with Crippen LogP contribution in [0, 0.1) is 20.8 Å². The fourth-order valence-corrected chi connectivity index (χ4v) is 4.69. The Labute approximate surface area is 184 Å². The van der Waals surface area contributed by atoms with E-state index in [0.717, 1.165) is 22.3 Å². The van der Waals surface area contributed by atoms with Gasteiger partial charge in [-0.3, -0.25) is 9.10 Å². The van der Waals surface area contributed by atoms with E-state index in [2.05, 4.69) is 5.32 Å². The fourth-order valence-electron chi connectivity index (χ4n) is 3.28. The van der Waals surface area contributed by atoms with Gasteiger partial charge in [-0.25, -0.2) is 8.42 Å². The monoisotopic (exact) mass is 436 g/mol. The molecule has 0 bridgehead atoms. The highest BCUT2D eigenvalue weighted by molar-refractivity contribution is 7.92. The number of carbonyl (C=O) groups excluding carboxylic acids is 1. The van der Waals surface area contributed by atoms with Crippen molar-refractivity contribution in [3.05, 3.63) is 95.1 Å². The van der Waals surface area contributed by atoms with E-state index in [1.54, 1.807) is 36.4 Å². The smallest absolute Gasteiger partial charge is 0.264 e. The first kappa shape index (κ1) is 22.6. The number of nitrogens with one attached hydrogen (secondary N) is 1. The molecule has 0 aromatic heterocycles. The molecule has 1 amide bonds. The van der Waals surface area contributed by atoms with Crippen molar-refractivity contribution in [2.75, 3.05) is 10.8 Å². The Hall–Kier alpha value is -3.12. The zero-order valence-corrected chi connectivity index (χ0v) is 19.1. The highest BCUT2D eigenvalue weighted by Gasteiger charge is 2.28. The molecule has 0 saturated carbocycles. The summed E-state index contributed by atoms with van der Waals surface area (Å²) < 4.78 is 28.1. The predicted molar refractivity (Wildman–Crippen MR) is 125 cm³/mol. The minimum absolute atomic E-state index is 0.153. The van der Waals surface area contributed by atoms with Gasteiger partial charge in [-0.1, -0.05) is 54.1 Å². The SMILES string of the molecule is Cc1ccc(S(=O)(=O)N(CC(=O)N[C@H](C)c2ccccc2)c2ccc(C)c(C)c2)cc1. The third kappa shape index (κ3) is 5.33. The first-order chi connectivity index (χ1) is 14.7. The summed E-state index contributed by atoms with van der Waals surface area (Å²) in [5, 5.41) is 2.91. The third-order valence-electron chi connectivity index (χ3n) is 5.35. The molecule has 3 rings (SSSR count). The van der Waals surface area contributed by atoms with Gasteiger partial charge in [0.05, 0.1) is 16.6 Å². The molecule has 0 saturated heterocycles. The van der Waals surface area contributed by atoms with E-state index in [1.807, 2.05) is 64.1 Å². The number of aryl methyl sites for hydroxylation is 3. The van der Waals surface area contributed by atoms with Crippen LogP contribution in [0.25, 0.3) is 0 Å². The van der Waals surface area contributed by atoms with Crippen LogP contribution in [-0.2, 0) is 14.8 Å². The van der Waals surface area contributed by atoms with Gasteiger partial charge in [-0.15, -0.1) is 0 Å². The van der Waals surface area contributed by atoms with Crippen LogP contribution in [0.15, 0.2) is 77.7 Å². The molecule has 0 radical (unpaired) electrons. The number of benzene rings is 3. The van der Waals surface area contributed by atoms with Gasteiger partial charge >= 0.3 is 0 Å². The van der Waals surface area contributed by atoms with Gasteiger partial charge in [-0.05, 0) is 68.7 Å². The van der Waals surface area contributed by atoms with Gasteiger partial charge in [0.15, 0.2) is 0 Å². The largest absolute Gasteiger partial charge is 0.348 e. The van der Waals surface area contributed by atoms with E-state index < -0.39 is 10.0 Å². The van der Waals surface area contributed by atoms with Crippen LogP contribution < -0.4 is 9.62 Å². The highest BCUT2D eigenvalue weighted by atomic mass is 32.2. The maximum Gasteiger partial charge on any atom is 0.264 e. The number of sulfonamides is 1. The van der Waals surface area contributed by atoms with Crippen LogP contribution >= 0.6 is 0 Å². The molecule has 1 atom stereocenters. The first-order valence-electron chi connectivity index (χ1n) is 10.2. The molecule has 0 aliphatic heterocycles. The van der Waals surface area contributed by atoms with Crippen molar-refractivity contribution in [3.63, 3.8) is 0 Å². The molecule has 6 heteroatoms. The Morgan fingerprint density at radius 2 is 1.55 bits per heavy atom. The van der Waals surface area contributed by atoms with Gasteiger partial charge in [0, 0.05) is 0 Å². The maximum absolute atomic E-state index is 13.5. The van der Waals surface area contributed by atoms with Crippen molar-refractivity contribution in [1.82, 2.24) is 5.32 Å². The van der Waals surface area contributed by atoms with Gasteiger partial charge < -0.3 is 5.32 Å². The molecule has 0 fully saturated rings. The molecule has 0 aliphatic carbocycles. The van der Waals surface area contributed by atoms with E-state index in [-0.39, 0.29) is 23.4 Å². The third-order valence-corrected chi connectivity index (χ3v) is 7.14. The fraction of sp³-hybridized carbons (Fsp3) is 0.240. The van der Waals surface area contributed by atoms with Crippen molar-refractivity contribution < 1.29 is 13.2 Å². The summed E-state index contributed by atoms with van der Waals surface area (Å²) in [6.07, 6.45) is 0. The normalized spacial score (nSPS) is 12.3. The van der Waals surface area contributed by atoms with Crippen molar-refractivity contribution >= 4 is 21.6 Å². The minimum Gasteiger partial charge on any atom is -0.348 e. The molecular weight excluding hydrogens is 408 g/mol. The summed E-state index contributed by atoms with van der Waals surface area (Å²) in [4.78, 5) is 13.0. The van der Waals surface area contributed by atoms with Gasteiger partial charge in [-0.2, -0.15) is 0 Å². The van der Waals surface area contributed by atoms with E-state index >= 15 is 0 Å². The summed E-state index contributed by atoms with van der Waals surface area (Å²) in [5.74, 6) is -0.370. The van der Waals surface area contributed by atoms with Gasteiger partial charge in [0.1, 0.15) is 6.54 Å². The number of rotatable bonds is 7. The van der Waals surface area contributed by atoms with E-state index in [4.69, 9.17) is 0 Å². The molecule has 1 N–H and O–H groups in total. The molecule has 0 spiro atoms. The molecule has 0 aliphatic rings. The summed E-state index contributed by atoms with van der Waals surface area (Å²) >= 11 is 0. The number of hydrogen-bond acceptors (Lipinski definition) is 3. The predicted octanol–water partition coefficient (Wildman–Crippen LogP) is 4.68. The van der Waals surface area contributed by atoms with Crippen LogP contribution in [0.4, 0.5) is 5.69 Å². The van der Waals surface area contributed by atoms with Crippen molar-refractivity contribution in [3.8, 4) is 0 Å². The van der Waals surface area contributed by atoms with Crippen LogP contribution in [0.2, 0.25) is 0 Å². The van der Waals surface area contributed by atoms with E-state index in [9.17, 15) is 13.2 Å². The van der Waals surface area contributed by atoms with Crippen molar-refractivity contribution in [2.45, 2.75) is 38.6 Å². The molecule has 31 heavy (non-hydrogen) atoms. The second kappa shape index (κ2) is 9.35. The quantitative estimate of drug-likeness (QED) is 0.585. The second-order valence-corrected chi connectivity index (χ2v) is 9.66. The first-order valence-corrected chi connectivity index (χ1v) is 11.6. The Kier molecular flexibility index (Phi) is 6.81. The van der Waals surface area contributed by atoms with E-state index in [1.165, 1.54) is 4.31 Å². The molecular formula is C25H28N2O3S. The highest BCUT2D eigenvalue weighted by Crippen LogP contribution is 2.26. The average molecular weight is 437 g/mol. The van der Waals surface area contributed by atoms with Crippen LogP contribution in [-0.4, -0.2) is 20.9 Å². The summed E-state index contributed by atoms with van der Waals surface area (Å²) in [5.41, 5.74) is 4.39. The molecule has 0 heterocycles. The number of anilines is 1. The van der Waals surface area contributed by atoms with Crippen LogP contribution in [0.5, 0.6) is 0 Å². The standard InChI is InChI=1S/C25H28N2O3S/c1-18-10-14-24(15-11-18)31(29,30)27(23-13-12-19(2)20(3)16-23)17-25(28)26-21(4)22-8-6-5-7-9-22/h5-16,21H,17H2,1-4H3,(H,26,28)/t21-/m1/s1. The Morgan fingerprint density at radius 1 is 0.903 bits per heavy atom. The zero-order chi connectivity index (χ0) is 22.6. The van der Waals surface area contributed by atoms with Crippen LogP contribution in [0.1, 0.15) is 35.2 Å². The lowest BCUT2D eigenvalue weighted by Gasteiger charge is -2.26. The Balaban J connectivity index is 1.93. The average Bonchev–Trinajstić information content (AvgIpc) is 2.75.